The fourth-order valence-corrected chi connectivity index (χ4v) is 6.83. The van der Waals surface area contributed by atoms with Crippen molar-refractivity contribution in [3.05, 3.63) is 46.3 Å². The van der Waals surface area contributed by atoms with Crippen molar-refractivity contribution in [3.63, 3.8) is 0 Å². The first-order chi connectivity index (χ1) is 18.0. The van der Waals surface area contributed by atoms with Crippen molar-refractivity contribution in [2.24, 2.45) is 5.92 Å². The molecule has 1 fully saturated rings. The second kappa shape index (κ2) is 11.7. The minimum atomic E-state index is -0.0278. The van der Waals surface area contributed by atoms with E-state index in [-0.39, 0.29) is 11.9 Å². The van der Waals surface area contributed by atoms with Crippen molar-refractivity contribution in [1.82, 2.24) is 25.3 Å². The first-order valence-electron chi connectivity index (χ1n) is 13.7. The van der Waals surface area contributed by atoms with Crippen LogP contribution in [0.5, 0.6) is 0 Å². The Morgan fingerprint density at radius 2 is 2.03 bits per heavy atom. The van der Waals surface area contributed by atoms with Gasteiger partial charge in [-0.25, -0.2) is 4.98 Å². The Kier molecular flexibility index (Phi) is 8.20. The van der Waals surface area contributed by atoms with Crippen molar-refractivity contribution < 1.29 is 9.32 Å². The van der Waals surface area contributed by atoms with Crippen LogP contribution >= 0.6 is 11.3 Å². The van der Waals surface area contributed by atoms with Crippen LogP contribution in [0.4, 0.5) is 5.13 Å². The Labute approximate surface area is 223 Å². The summed E-state index contributed by atoms with van der Waals surface area (Å²) in [4.78, 5) is 25.8. The number of fused-ring (bicyclic) bond motifs is 1. The molecule has 198 valence electrons. The molecule has 2 aliphatic rings. The monoisotopic (exact) mass is 522 g/mol. The van der Waals surface area contributed by atoms with Gasteiger partial charge < -0.3 is 20.5 Å². The topological polar surface area (TPSA) is 110 Å². The molecule has 1 aromatic carbocycles. The first kappa shape index (κ1) is 25.9. The molecule has 0 unspecified atom stereocenters. The summed E-state index contributed by atoms with van der Waals surface area (Å²) in [7, 11) is 0. The molecule has 1 atom stereocenters. The van der Waals surface area contributed by atoms with Crippen LogP contribution in [-0.2, 0) is 12.8 Å². The number of aromatic nitrogens is 3. The average Bonchev–Trinajstić information content (AvgIpc) is 3.51. The predicted octanol–water partition coefficient (Wildman–Crippen LogP) is 5.03. The first-order valence-corrected chi connectivity index (χ1v) is 14.5. The molecule has 1 saturated carbocycles. The Bertz CT molecular complexity index is 1200. The molecule has 3 aromatic rings. The Hall–Kier alpha value is -2.78. The van der Waals surface area contributed by atoms with Crippen LogP contribution in [0.3, 0.4) is 0 Å². The smallest absolute Gasteiger partial charge is 0.251 e. The number of amides is 1. The molecule has 0 aliphatic heterocycles. The molecule has 2 aliphatic carbocycles. The highest BCUT2D eigenvalue weighted by molar-refractivity contribution is 7.15. The second-order valence-corrected chi connectivity index (χ2v) is 11.7. The number of anilines is 1. The van der Waals surface area contributed by atoms with Gasteiger partial charge in [-0.2, -0.15) is 4.98 Å². The number of nitrogens with two attached hydrogens (primary N) is 1. The maximum Gasteiger partial charge on any atom is 0.251 e. The van der Waals surface area contributed by atoms with E-state index in [2.05, 4.69) is 32.3 Å². The fraction of sp³-hybridized carbons (Fsp3) is 0.571. The molecule has 37 heavy (non-hydrogen) atoms. The maximum absolute atomic E-state index is 12.9. The lowest BCUT2D eigenvalue weighted by molar-refractivity contribution is 0.0918. The lowest BCUT2D eigenvalue weighted by Gasteiger charge is -2.36. The van der Waals surface area contributed by atoms with E-state index in [1.54, 1.807) is 18.3 Å². The van der Waals surface area contributed by atoms with Crippen LogP contribution in [-0.4, -0.2) is 51.1 Å². The molecule has 3 N–H and O–H groups in total. The highest BCUT2D eigenvalue weighted by atomic mass is 32.1. The molecule has 0 radical (unpaired) electrons. The SMILES string of the molecule is CCCN(CC[C@H]1CC[C@H](NC(=O)c2cccc(-c3noc(C)n3)c2)CC1)[C@H]1CCc2nc(N)sc2C1. The van der Waals surface area contributed by atoms with E-state index in [4.69, 9.17) is 10.3 Å². The number of rotatable bonds is 9. The largest absolute Gasteiger partial charge is 0.375 e. The van der Waals surface area contributed by atoms with Crippen LogP contribution < -0.4 is 11.1 Å². The van der Waals surface area contributed by atoms with Crippen molar-refractivity contribution >= 4 is 22.4 Å². The maximum atomic E-state index is 12.9. The van der Waals surface area contributed by atoms with Gasteiger partial charge in [0, 0.05) is 35.0 Å². The van der Waals surface area contributed by atoms with E-state index in [0.29, 0.717) is 28.5 Å². The summed E-state index contributed by atoms with van der Waals surface area (Å²) in [5.41, 5.74) is 8.61. The lowest BCUT2D eigenvalue weighted by Crippen LogP contribution is -2.41. The number of nitrogens with one attached hydrogen (secondary N) is 1. The molecule has 2 heterocycles. The highest BCUT2D eigenvalue weighted by Crippen LogP contribution is 2.32. The number of benzene rings is 1. The zero-order valence-corrected chi connectivity index (χ0v) is 22.7. The quantitative estimate of drug-likeness (QED) is 0.405. The van der Waals surface area contributed by atoms with Crippen molar-refractivity contribution in [2.45, 2.75) is 83.7 Å². The van der Waals surface area contributed by atoms with Gasteiger partial charge in [-0.3, -0.25) is 4.79 Å². The van der Waals surface area contributed by atoms with Gasteiger partial charge in [-0.1, -0.05) is 24.2 Å². The molecule has 0 spiro atoms. The van der Waals surface area contributed by atoms with Gasteiger partial charge in [0.05, 0.1) is 5.69 Å². The standard InChI is InChI=1S/C28H38N6O2S/c1-3-14-34(23-11-12-24-25(17-23)37-28(29)32-24)15-13-19-7-9-22(10-8-19)31-27(35)21-6-4-5-20(16-21)26-30-18(2)36-33-26/h4-6,16,19,22-23H,3,7-15,17H2,1-2H3,(H2,29,32)(H,31,35)/t19-,22-,23-/m0/s1. The van der Waals surface area contributed by atoms with E-state index in [9.17, 15) is 4.79 Å². The molecule has 8 nitrogen and oxygen atoms in total. The van der Waals surface area contributed by atoms with Crippen LogP contribution in [0.25, 0.3) is 11.4 Å². The van der Waals surface area contributed by atoms with Gasteiger partial charge in [-0.15, -0.1) is 11.3 Å². The Balaban J connectivity index is 1.09. The van der Waals surface area contributed by atoms with Gasteiger partial charge in [-0.05, 0) is 88.9 Å². The second-order valence-electron chi connectivity index (χ2n) is 10.6. The van der Waals surface area contributed by atoms with Crippen molar-refractivity contribution in [2.75, 3.05) is 18.8 Å². The molecule has 0 bridgehead atoms. The third-order valence-corrected chi connectivity index (χ3v) is 8.82. The molecule has 0 saturated heterocycles. The van der Waals surface area contributed by atoms with Crippen LogP contribution in [0.2, 0.25) is 0 Å². The van der Waals surface area contributed by atoms with Crippen molar-refractivity contribution in [1.29, 1.82) is 0 Å². The summed E-state index contributed by atoms with van der Waals surface area (Å²) in [6, 6.07) is 8.28. The highest BCUT2D eigenvalue weighted by Gasteiger charge is 2.28. The van der Waals surface area contributed by atoms with Gasteiger partial charge in [0.15, 0.2) is 5.13 Å². The molecule has 5 rings (SSSR count). The third kappa shape index (κ3) is 6.38. The summed E-state index contributed by atoms with van der Waals surface area (Å²) in [5, 5.41) is 7.94. The van der Waals surface area contributed by atoms with E-state index in [1.165, 1.54) is 42.7 Å². The zero-order valence-electron chi connectivity index (χ0n) is 21.9. The van der Waals surface area contributed by atoms with E-state index < -0.39 is 0 Å². The Morgan fingerprint density at radius 1 is 1.19 bits per heavy atom. The summed E-state index contributed by atoms with van der Waals surface area (Å²) in [6.07, 6.45) is 10.2. The minimum Gasteiger partial charge on any atom is -0.375 e. The molecule has 9 heteroatoms. The van der Waals surface area contributed by atoms with E-state index in [0.717, 1.165) is 50.3 Å². The van der Waals surface area contributed by atoms with Crippen LogP contribution in [0.1, 0.15) is 78.7 Å². The number of hydrogen-bond donors (Lipinski definition) is 2. The number of thiazole rings is 1. The number of nitrogens with zero attached hydrogens (tertiary/aromatic N) is 4. The number of nitrogen functional groups attached to an aromatic ring is 1. The number of aryl methyl sites for hydroxylation is 2. The molecule has 2 aromatic heterocycles. The summed E-state index contributed by atoms with van der Waals surface area (Å²) >= 11 is 1.67. The summed E-state index contributed by atoms with van der Waals surface area (Å²) < 4.78 is 5.08. The number of hydrogen-bond acceptors (Lipinski definition) is 8. The normalized spacial score (nSPS) is 21.6. The average molecular weight is 523 g/mol. The van der Waals surface area contributed by atoms with Crippen LogP contribution in [0, 0.1) is 12.8 Å². The van der Waals surface area contributed by atoms with Crippen molar-refractivity contribution in [3.8, 4) is 11.4 Å². The molecular weight excluding hydrogens is 484 g/mol. The van der Waals surface area contributed by atoms with E-state index in [1.807, 2.05) is 24.3 Å². The molecular formula is C28H38N6O2S. The Morgan fingerprint density at radius 3 is 2.78 bits per heavy atom. The van der Waals surface area contributed by atoms with E-state index >= 15 is 0 Å². The zero-order chi connectivity index (χ0) is 25.8. The van der Waals surface area contributed by atoms with Gasteiger partial charge >= 0.3 is 0 Å². The van der Waals surface area contributed by atoms with Gasteiger partial charge in [0.1, 0.15) is 0 Å². The number of carbonyl (C=O) groups excluding carboxylic acids is 1. The third-order valence-electron chi connectivity index (χ3n) is 7.87. The minimum absolute atomic E-state index is 0.0278. The number of carbonyl (C=O) groups is 1. The summed E-state index contributed by atoms with van der Waals surface area (Å²) in [5.74, 6) is 1.72. The van der Waals surface area contributed by atoms with Crippen LogP contribution in [0.15, 0.2) is 28.8 Å². The fourth-order valence-electron chi connectivity index (χ4n) is 5.88. The summed E-state index contributed by atoms with van der Waals surface area (Å²) in [6.45, 7) is 6.35. The molecule has 1 amide bonds. The lowest BCUT2D eigenvalue weighted by atomic mass is 9.83. The predicted molar refractivity (Wildman–Crippen MR) is 147 cm³/mol. The van der Waals surface area contributed by atoms with Gasteiger partial charge in [0.25, 0.3) is 5.91 Å². The van der Waals surface area contributed by atoms with Gasteiger partial charge in [0.2, 0.25) is 11.7 Å².